The number of rotatable bonds is 6. The molecule has 132 valence electrons. The van der Waals surface area contributed by atoms with Crippen LogP contribution in [0.25, 0.3) is 22.4 Å². The van der Waals surface area contributed by atoms with Crippen LogP contribution in [0.3, 0.4) is 0 Å². The van der Waals surface area contributed by atoms with E-state index < -0.39 is 0 Å². The van der Waals surface area contributed by atoms with E-state index >= 15 is 0 Å². The highest BCUT2D eigenvalue weighted by Gasteiger charge is 2.08. The summed E-state index contributed by atoms with van der Waals surface area (Å²) in [6.45, 7) is 0.657. The molecule has 0 fully saturated rings. The van der Waals surface area contributed by atoms with Gasteiger partial charge >= 0.3 is 5.69 Å². The molecule has 26 heavy (non-hydrogen) atoms. The lowest BCUT2D eigenvalue weighted by Crippen LogP contribution is -2.17. The largest absolute Gasteiger partial charge is 0.326 e. The molecule has 2 aromatic heterocycles. The predicted molar refractivity (Wildman–Crippen MR) is 105 cm³/mol. The molecule has 0 amide bonds. The molecule has 0 saturated carbocycles. The fraction of sp³-hybridized carbons (Fsp3) is 0.167. The molecule has 0 aliphatic heterocycles. The van der Waals surface area contributed by atoms with Gasteiger partial charge in [-0.3, -0.25) is 9.67 Å². The smallest absolute Gasteiger partial charge is 0.306 e. The van der Waals surface area contributed by atoms with Crippen molar-refractivity contribution in [1.29, 1.82) is 0 Å². The average Bonchev–Trinajstić information content (AvgIpc) is 3.24. The standard InChI is InChI=1S/C18H16ClN5OS/c19-13-8-6-12(7-9-13)16-21-17(23-22-16)26-11-3-10-24-15-5-2-1-4-14(15)20-18(24)25/h1-2,4-9H,3,10-11H2,(H,20,25)(H,21,22,23). The number of nitrogens with zero attached hydrogens (tertiary/aromatic N) is 3. The van der Waals surface area contributed by atoms with Crippen LogP contribution in [0.1, 0.15) is 6.42 Å². The number of hydrogen-bond donors (Lipinski definition) is 2. The summed E-state index contributed by atoms with van der Waals surface area (Å²) in [5.41, 5.74) is 2.68. The van der Waals surface area contributed by atoms with Crippen LogP contribution in [0.5, 0.6) is 0 Å². The van der Waals surface area contributed by atoms with Crippen molar-refractivity contribution < 1.29 is 0 Å². The van der Waals surface area contributed by atoms with E-state index in [0.29, 0.717) is 16.7 Å². The summed E-state index contributed by atoms with van der Waals surface area (Å²) in [7, 11) is 0. The zero-order valence-corrected chi connectivity index (χ0v) is 15.3. The fourth-order valence-electron chi connectivity index (χ4n) is 2.76. The van der Waals surface area contributed by atoms with E-state index in [1.54, 1.807) is 16.3 Å². The maximum Gasteiger partial charge on any atom is 0.326 e. The summed E-state index contributed by atoms with van der Waals surface area (Å²) in [6.07, 6.45) is 0.844. The van der Waals surface area contributed by atoms with Crippen LogP contribution in [0.4, 0.5) is 0 Å². The molecule has 4 rings (SSSR count). The number of thioether (sulfide) groups is 1. The molecular weight excluding hydrogens is 370 g/mol. The van der Waals surface area contributed by atoms with Crippen molar-refractivity contribution in [3.8, 4) is 11.4 Å². The van der Waals surface area contributed by atoms with Crippen LogP contribution in [0.2, 0.25) is 5.02 Å². The molecule has 2 heterocycles. The summed E-state index contributed by atoms with van der Waals surface area (Å²) in [5, 5.41) is 8.57. The summed E-state index contributed by atoms with van der Waals surface area (Å²) in [4.78, 5) is 19.4. The Morgan fingerprint density at radius 3 is 2.77 bits per heavy atom. The second-order valence-corrected chi connectivity index (χ2v) is 7.27. The van der Waals surface area contributed by atoms with E-state index in [1.165, 1.54) is 0 Å². The molecule has 0 aliphatic rings. The zero-order valence-electron chi connectivity index (χ0n) is 13.8. The number of hydrogen-bond acceptors (Lipinski definition) is 4. The van der Waals surface area contributed by atoms with Crippen LogP contribution in [0.15, 0.2) is 58.5 Å². The number of imidazole rings is 1. The first-order chi connectivity index (χ1) is 12.7. The van der Waals surface area contributed by atoms with E-state index in [9.17, 15) is 4.79 Å². The number of benzene rings is 2. The molecule has 0 bridgehead atoms. The van der Waals surface area contributed by atoms with Crippen LogP contribution < -0.4 is 5.69 Å². The summed E-state index contributed by atoms with van der Waals surface area (Å²) < 4.78 is 1.77. The highest BCUT2D eigenvalue weighted by Crippen LogP contribution is 2.21. The van der Waals surface area contributed by atoms with Crippen LogP contribution in [-0.2, 0) is 6.54 Å². The first-order valence-electron chi connectivity index (χ1n) is 8.19. The summed E-state index contributed by atoms with van der Waals surface area (Å²) >= 11 is 7.47. The van der Waals surface area contributed by atoms with Gasteiger partial charge in [0.2, 0.25) is 5.16 Å². The fourth-order valence-corrected chi connectivity index (χ4v) is 3.61. The molecule has 0 atom stereocenters. The van der Waals surface area contributed by atoms with Crippen molar-refractivity contribution in [2.75, 3.05) is 5.75 Å². The van der Waals surface area contributed by atoms with Crippen molar-refractivity contribution in [1.82, 2.24) is 24.7 Å². The third-order valence-corrected chi connectivity index (χ3v) is 5.21. The predicted octanol–water partition coefficient (Wildman–Crippen LogP) is 3.95. The Balaban J connectivity index is 1.36. The Labute approximate surface area is 158 Å². The lowest BCUT2D eigenvalue weighted by atomic mass is 10.2. The van der Waals surface area contributed by atoms with Gasteiger partial charge in [0.15, 0.2) is 5.82 Å². The van der Waals surface area contributed by atoms with Crippen LogP contribution in [0, 0.1) is 0 Å². The molecule has 0 unspecified atom stereocenters. The first kappa shape index (κ1) is 16.9. The van der Waals surface area contributed by atoms with Crippen LogP contribution in [-0.4, -0.2) is 30.5 Å². The van der Waals surface area contributed by atoms with E-state index in [-0.39, 0.29) is 5.69 Å². The van der Waals surface area contributed by atoms with E-state index in [1.807, 2.05) is 48.5 Å². The Morgan fingerprint density at radius 2 is 1.92 bits per heavy atom. The van der Waals surface area contributed by atoms with Gasteiger partial charge in [-0.05, 0) is 42.8 Å². The molecule has 6 nitrogen and oxygen atoms in total. The number of halogens is 1. The topological polar surface area (TPSA) is 79.4 Å². The highest BCUT2D eigenvalue weighted by atomic mass is 35.5. The third kappa shape index (κ3) is 3.54. The van der Waals surface area contributed by atoms with Crippen LogP contribution >= 0.6 is 23.4 Å². The SMILES string of the molecule is O=c1[nH]c2ccccc2n1CCCSc1n[nH]c(-c2ccc(Cl)cc2)n1. The Morgan fingerprint density at radius 1 is 1.12 bits per heavy atom. The van der Waals surface area contributed by atoms with Gasteiger partial charge < -0.3 is 4.98 Å². The number of aromatic nitrogens is 5. The minimum Gasteiger partial charge on any atom is -0.306 e. The monoisotopic (exact) mass is 385 g/mol. The molecule has 8 heteroatoms. The first-order valence-corrected chi connectivity index (χ1v) is 9.56. The van der Waals surface area contributed by atoms with Crippen molar-refractivity contribution >= 4 is 34.4 Å². The maximum absolute atomic E-state index is 12.0. The van der Waals surface area contributed by atoms with Gasteiger partial charge in [-0.1, -0.05) is 35.5 Å². The molecule has 0 spiro atoms. The van der Waals surface area contributed by atoms with Gasteiger partial charge in [0, 0.05) is 22.9 Å². The number of fused-ring (bicyclic) bond motifs is 1. The van der Waals surface area contributed by atoms with E-state index in [2.05, 4.69) is 20.2 Å². The Kier molecular flexibility index (Phi) is 4.81. The highest BCUT2D eigenvalue weighted by molar-refractivity contribution is 7.99. The van der Waals surface area contributed by atoms with Crippen molar-refractivity contribution in [2.24, 2.45) is 0 Å². The summed E-state index contributed by atoms with van der Waals surface area (Å²) in [5.74, 6) is 1.54. The molecule has 2 N–H and O–H groups in total. The number of nitrogens with one attached hydrogen (secondary N) is 2. The lowest BCUT2D eigenvalue weighted by Gasteiger charge is -2.02. The minimum absolute atomic E-state index is 0.0703. The summed E-state index contributed by atoms with van der Waals surface area (Å²) in [6, 6.07) is 15.2. The molecular formula is C18H16ClN5OS. The normalized spacial score (nSPS) is 11.3. The van der Waals surface area contributed by atoms with Crippen molar-refractivity contribution in [3.63, 3.8) is 0 Å². The van der Waals surface area contributed by atoms with Gasteiger partial charge in [-0.15, -0.1) is 5.10 Å². The molecule has 0 radical (unpaired) electrons. The van der Waals surface area contributed by atoms with Crippen molar-refractivity contribution in [2.45, 2.75) is 18.1 Å². The second kappa shape index (κ2) is 7.39. The number of aryl methyl sites for hydroxylation is 1. The maximum atomic E-state index is 12.0. The average molecular weight is 386 g/mol. The van der Waals surface area contributed by atoms with Gasteiger partial charge in [0.05, 0.1) is 11.0 Å². The van der Waals surface area contributed by atoms with E-state index in [0.717, 1.165) is 34.6 Å². The molecule has 0 saturated heterocycles. The Bertz CT molecular complexity index is 1080. The number of H-pyrrole nitrogens is 2. The molecule has 4 aromatic rings. The van der Waals surface area contributed by atoms with E-state index in [4.69, 9.17) is 11.6 Å². The number of aromatic amines is 2. The van der Waals surface area contributed by atoms with Gasteiger partial charge in [-0.25, -0.2) is 9.78 Å². The zero-order chi connectivity index (χ0) is 17.9. The van der Waals surface area contributed by atoms with Gasteiger partial charge in [0.1, 0.15) is 0 Å². The van der Waals surface area contributed by atoms with Gasteiger partial charge in [-0.2, -0.15) is 0 Å². The second-order valence-electron chi connectivity index (χ2n) is 5.77. The Hall–Kier alpha value is -2.51. The quantitative estimate of drug-likeness (QED) is 0.389. The van der Waals surface area contributed by atoms with Crippen molar-refractivity contribution in [3.05, 3.63) is 64.0 Å². The lowest BCUT2D eigenvalue weighted by molar-refractivity contribution is 0.679. The minimum atomic E-state index is -0.0703. The molecule has 2 aromatic carbocycles. The molecule has 0 aliphatic carbocycles. The van der Waals surface area contributed by atoms with Gasteiger partial charge in [0.25, 0.3) is 0 Å². The number of para-hydroxylation sites is 2. The third-order valence-electron chi connectivity index (χ3n) is 4.02.